The second-order valence-corrected chi connectivity index (χ2v) is 6.71. The van der Waals surface area contributed by atoms with Gasteiger partial charge in [-0.25, -0.2) is 9.97 Å². The zero-order chi connectivity index (χ0) is 17.4. The van der Waals surface area contributed by atoms with E-state index >= 15 is 0 Å². The predicted octanol–water partition coefficient (Wildman–Crippen LogP) is 2.04. The zero-order valence-corrected chi connectivity index (χ0v) is 14.6. The van der Waals surface area contributed by atoms with Gasteiger partial charge in [0, 0.05) is 25.4 Å². The summed E-state index contributed by atoms with van der Waals surface area (Å²) < 4.78 is 11.4. The first-order chi connectivity index (χ1) is 12.1. The zero-order valence-electron chi connectivity index (χ0n) is 14.6. The number of amides is 1. The molecule has 132 valence electrons. The molecule has 1 saturated heterocycles. The van der Waals surface area contributed by atoms with Crippen LogP contribution in [0, 0.1) is 6.92 Å². The van der Waals surface area contributed by atoms with E-state index in [1.54, 1.807) is 6.07 Å². The van der Waals surface area contributed by atoms with E-state index in [4.69, 9.17) is 9.26 Å². The van der Waals surface area contributed by atoms with Crippen molar-refractivity contribution in [3.8, 4) is 0 Å². The van der Waals surface area contributed by atoms with Crippen LogP contribution < -0.4 is 0 Å². The van der Waals surface area contributed by atoms with Gasteiger partial charge in [-0.1, -0.05) is 12.1 Å². The van der Waals surface area contributed by atoms with E-state index in [2.05, 4.69) is 15.1 Å². The van der Waals surface area contributed by atoms with Crippen molar-refractivity contribution >= 4 is 5.91 Å². The Kier molecular flexibility index (Phi) is 4.03. The van der Waals surface area contributed by atoms with Gasteiger partial charge >= 0.3 is 0 Å². The van der Waals surface area contributed by atoms with Crippen molar-refractivity contribution in [2.24, 2.45) is 0 Å². The maximum absolute atomic E-state index is 12.6. The molecule has 2 aliphatic heterocycles. The fourth-order valence-corrected chi connectivity index (χ4v) is 3.68. The molecular weight excluding hydrogens is 320 g/mol. The van der Waals surface area contributed by atoms with E-state index in [0.29, 0.717) is 25.5 Å². The Labute approximate surface area is 146 Å². The van der Waals surface area contributed by atoms with Crippen LogP contribution in [-0.4, -0.2) is 45.6 Å². The molecule has 0 aromatic carbocycles. The molecule has 0 atom stereocenters. The number of fused-ring (bicyclic) bond motifs is 2. The van der Waals surface area contributed by atoms with Gasteiger partial charge in [-0.15, -0.1) is 0 Å². The van der Waals surface area contributed by atoms with Crippen molar-refractivity contribution in [1.29, 1.82) is 0 Å². The topological polar surface area (TPSA) is 81.4 Å². The summed E-state index contributed by atoms with van der Waals surface area (Å²) in [5.74, 6) is 0.976. The number of carbonyl (C=O) groups excluding carboxylic acids is 1. The summed E-state index contributed by atoms with van der Waals surface area (Å²) in [7, 11) is 0. The van der Waals surface area contributed by atoms with E-state index < -0.39 is 5.60 Å². The van der Waals surface area contributed by atoms with E-state index in [1.165, 1.54) is 5.56 Å². The van der Waals surface area contributed by atoms with Crippen molar-refractivity contribution in [2.75, 3.05) is 19.7 Å². The highest BCUT2D eigenvalue weighted by atomic mass is 16.5. The third-order valence-electron chi connectivity index (χ3n) is 5.16. The second-order valence-electron chi connectivity index (χ2n) is 6.71. The van der Waals surface area contributed by atoms with E-state index in [1.807, 2.05) is 24.9 Å². The maximum Gasteiger partial charge on any atom is 0.292 e. The second kappa shape index (κ2) is 6.22. The summed E-state index contributed by atoms with van der Waals surface area (Å²) in [6, 6.07) is 1.73. The SMILES string of the molecule is CCc1cc(C(=O)N2CCC3(CC2)OCCc2cnc(C)nc23)on1. The average molecular weight is 342 g/mol. The largest absolute Gasteiger partial charge is 0.368 e. The highest BCUT2D eigenvalue weighted by Gasteiger charge is 2.43. The number of hydrogen-bond donors (Lipinski definition) is 0. The fraction of sp³-hybridized carbons (Fsp3) is 0.556. The molecule has 0 N–H and O–H groups in total. The minimum Gasteiger partial charge on any atom is -0.368 e. The minimum atomic E-state index is -0.395. The van der Waals surface area contributed by atoms with E-state index in [9.17, 15) is 4.79 Å². The molecule has 0 unspecified atom stereocenters. The first-order valence-corrected chi connectivity index (χ1v) is 8.83. The van der Waals surface area contributed by atoms with Gasteiger partial charge in [0.15, 0.2) is 0 Å². The van der Waals surface area contributed by atoms with Gasteiger partial charge in [0.2, 0.25) is 5.76 Å². The Bertz CT molecular complexity index is 793. The van der Waals surface area contributed by atoms with Gasteiger partial charge in [-0.2, -0.15) is 0 Å². The number of aryl methyl sites for hydroxylation is 2. The summed E-state index contributed by atoms with van der Waals surface area (Å²) in [6.45, 7) is 5.79. The molecule has 1 spiro atoms. The number of likely N-dealkylation sites (tertiary alicyclic amines) is 1. The molecule has 7 nitrogen and oxygen atoms in total. The molecule has 2 aromatic rings. The first kappa shape index (κ1) is 16.2. The van der Waals surface area contributed by atoms with Gasteiger partial charge in [-0.05, 0) is 38.2 Å². The molecule has 0 radical (unpaired) electrons. The molecule has 2 aliphatic rings. The van der Waals surface area contributed by atoms with Crippen LogP contribution in [0.5, 0.6) is 0 Å². The lowest BCUT2D eigenvalue weighted by Gasteiger charge is -2.43. The number of piperidine rings is 1. The van der Waals surface area contributed by atoms with Crippen LogP contribution in [0.3, 0.4) is 0 Å². The summed E-state index contributed by atoms with van der Waals surface area (Å²) in [4.78, 5) is 23.4. The van der Waals surface area contributed by atoms with Gasteiger partial charge in [0.05, 0.1) is 18.0 Å². The molecule has 0 bridgehead atoms. The van der Waals surface area contributed by atoms with E-state index in [0.717, 1.165) is 42.9 Å². The lowest BCUT2D eigenvalue weighted by molar-refractivity contribution is -0.0971. The molecule has 25 heavy (non-hydrogen) atoms. The molecule has 4 heterocycles. The molecule has 0 aliphatic carbocycles. The van der Waals surface area contributed by atoms with Crippen LogP contribution in [-0.2, 0) is 23.2 Å². The standard InChI is InChI=1S/C18H22N4O3/c1-3-14-10-15(25-21-14)17(23)22-7-5-18(6-8-22)16-13(4-9-24-18)11-19-12(2)20-16/h10-11H,3-9H2,1-2H3. The number of rotatable bonds is 2. The predicted molar refractivity (Wildman–Crippen MR) is 89.1 cm³/mol. The van der Waals surface area contributed by atoms with Gasteiger partial charge < -0.3 is 14.2 Å². The quantitative estimate of drug-likeness (QED) is 0.831. The summed E-state index contributed by atoms with van der Waals surface area (Å²) in [5, 5.41) is 3.91. The summed E-state index contributed by atoms with van der Waals surface area (Å²) in [6.07, 6.45) is 4.98. The lowest BCUT2D eigenvalue weighted by Crippen LogP contribution is -2.49. The molecule has 1 fully saturated rings. The smallest absolute Gasteiger partial charge is 0.292 e. The molecule has 2 aromatic heterocycles. The van der Waals surface area contributed by atoms with Crippen LogP contribution in [0.15, 0.2) is 16.8 Å². The summed E-state index contributed by atoms with van der Waals surface area (Å²) >= 11 is 0. The Balaban J connectivity index is 1.52. The Morgan fingerprint density at radius 2 is 2.16 bits per heavy atom. The average Bonchev–Trinajstić information content (AvgIpc) is 3.12. The highest BCUT2D eigenvalue weighted by Crippen LogP contribution is 2.40. The Hall–Kier alpha value is -2.28. The van der Waals surface area contributed by atoms with Crippen LogP contribution in [0.2, 0.25) is 0 Å². The first-order valence-electron chi connectivity index (χ1n) is 8.83. The lowest BCUT2D eigenvalue weighted by atomic mass is 9.83. The molecule has 1 amide bonds. The number of ether oxygens (including phenoxy) is 1. The van der Waals surface area contributed by atoms with Crippen LogP contribution >= 0.6 is 0 Å². The molecule has 0 saturated carbocycles. The highest BCUT2D eigenvalue weighted by molar-refractivity contribution is 5.91. The van der Waals surface area contributed by atoms with E-state index in [-0.39, 0.29) is 5.91 Å². The maximum atomic E-state index is 12.6. The van der Waals surface area contributed by atoms with Crippen molar-refractivity contribution in [1.82, 2.24) is 20.0 Å². The molecule has 7 heteroatoms. The fourth-order valence-electron chi connectivity index (χ4n) is 3.68. The van der Waals surface area contributed by atoms with Gasteiger partial charge in [-0.3, -0.25) is 4.79 Å². The van der Waals surface area contributed by atoms with Crippen molar-refractivity contribution in [3.05, 3.63) is 40.8 Å². The number of carbonyl (C=O) groups is 1. The summed E-state index contributed by atoms with van der Waals surface area (Å²) in [5.41, 5.74) is 2.58. The van der Waals surface area contributed by atoms with Crippen molar-refractivity contribution < 1.29 is 14.1 Å². The van der Waals surface area contributed by atoms with Crippen molar-refractivity contribution in [2.45, 2.75) is 45.1 Å². The minimum absolute atomic E-state index is 0.100. The van der Waals surface area contributed by atoms with Crippen LogP contribution in [0.1, 0.15) is 53.1 Å². The van der Waals surface area contributed by atoms with Crippen LogP contribution in [0.4, 0.5) is 0 Å². The normalized spacial score (nSPS) is 19.0. The third kappa shape index (κ3) is 2.82. The third-order valence-corrected chi connectivity index (χ3v) is 5.16. The number of hydrogen-bond acceptors (Lipinski definition) is 6. The van der Waals surface area contributed by atoms with Gasteiger partial charge in [0.25, 0.3) is 5.91 Å². The number of nitrogens with zero attached hydrogens (tertiary/aromatic N) is 4. The van der Waals surface area contributed by atoms with Crippen molar-refractivity contribution in [3.63, 3.8) is 0 Å². The Morgan fingerprint density at radius 3 is 2.88 bits per heavy atom. The van der Waals surface area contributed by atoms with Gasteiger partial charge in [0.1, 0.15) is 11.4 Å². The Morgan fingerprint density at radius 1 is 1.36 bits per heavy atom. The van der Waals surface area contributed by atoms with Crippen LogP contribution in [0.25, 0.3) is 0 Å². The number of aromatic nitrogens is 3. The molecular formula is C18H22N4O3. The monoisotopic (exact) mass is 342 g/mol. The molecule has 4 rings (SSSR count).